The summed E-state index contributed by atoms with van der Waals surface area (Å²) in [4.78, 5) is 23.5. The molecule has 0 bridgehead atoms. The average molecular weight is 449 g/mol. The number of nitrogens with one attached hydrogen (secondary N) is 1. The number of hydrogen-bond donors (Lipinski definition) is 1. The van der Waals surface area contributed by atoms with E-state index < -0.39 is 10.2 Å². The van der Waals surface area contributed by atoms with Crippen molar-refractivity contribution in [1.82, 2.24) is 14.8 Å². The Labute approximate surface area is 187 Å². The monoisotopic (exact) mass is 449 g/mol. The van der Waals surface area contributed by atoms with Crippen LogP contribution in [0.3, 0.4) is 0 Å². The van der Waals surface area contributed by atoms with E-state index in [1.807, 2.05) is 34.9 Å². The number of amides is 1. The molecule has 0 aliphatic heterocycles. The summed E-state index contributed by atoms with van der Waals surface area (Å²) < 4.78 is 7.39. The highest BCUT2D eigenvalue weighted by Crippen LogP contribution is 2.30. The van der Waals surface area contributed by atoms with Crippen LogP contribution < -0.4 is 5.32 Å². The molecule has 2 heterocycles. The van der Waals surface area contributed by atoms with Crippen molar-refractivity contribution in [3.05, 3.63) is 88.7 Å². The highest BCUT2D eigenvalue weighted by molar-refractivity contribution is 8.00. The fourth-order valence-electron chi connectivity index (χ4n) is 3.06. The van der Waals surface area contributed by atoms with E-state index in [0.29, 0.717) is 23.3 Å². The van der Waals surface area contributed by atoms with Gasteiger partial charge in [0.25, 0.3) is 5.69 Å². The maximum absolute atomic E-state index is 12.8. The van der Waals surface area contributed by atoms with Crippen LogP contribution in [0.2, 0.25) is 0 Å². The van der Waals surface area contributed by atoms with Gasteiger partial charge in [-0.2, -0.15) is 0 Å². The summed E-state index contributed by atoms with van der Waals surface area (Å²) >= 11 is 1.21. The molecule has 4 rings (SSSR count). The van der Waals surface area contributed by atoms with Gasteiger partial charge in [0.15, 0.2) is 10.9 Å². The normalized spacial score (nSPS) is 11.8. The van der Waals surface area contributed by atoms with E-state index in [1.54, 1.807) is 37.5 Å². The standard InChI is InChI=1S/C22H19N5O4S/c1-15(21(28)23-17-10-5-6-11-18(17)27(29)30)32-22-25-24-20(19-12-7-13-31-19)26(22)14-16-8-3-2-4-9-16/h2-13,15H,14H2,1H3,(H,23,28). The van der Waals surface area contributed by atoms with Gasteiger partial charge in [0.05, 0.1) is 23.0 Å². The van der Waals surface area contributed by atoms with Crippen LogP contribution in [0, 0.1) is 10.1 Å². The molecule has 10 heteroatoms. The lowest BCUT2D eigenvalue weighted by molar-refractivity contribution is -0.383. The smallest absolute Gasteiger partial charge is 0.292 e. The minimum Gasteiger partial charge on any atom is -0.461 e. The number of hydrogen-bond acceptors (Lipinski definition) is 7. The van der Waals surface area contributed by atoms with E-state index in [0.717, 1.165) is 5.56 Å². The molecular formula is C22H19N5O4S. The lowest BCUT2D eigenvalue weighted by Crippen LogP contribution is -2.23. The summed E-state index contributed by atoms with van der Waals surface area (Å²) in [6.07, 6.45) is 1.56. The first-order valence-electron chi connectivity index (χ1n) is 9.75. The Morgan fingerprint density at radius 1 is 1.12 bits per heavy atom. The number of aromatic nitrogens is 3. The Morgan fingerprint density at radius 3 is 2.59 bits per heavy atom. The predicted octanol–water partition coefficient (Wildman–Crippen LogP) is 4.61. The van der Waals surface area contributed by atoms with Crippen LogP contribution in [-0.4, -0.2) is 30.8 Å². The van der Waals surface area contributed by atoms with Gasteiger partial charge in [0.2, 0.25) is 11.7 Å². The molecule has 0 spiro atoms. The van der Waals surface area contributed by atoms with E-state index in [1.165, 1.54) is 23.9 Å². The predicted molar refractivity (Wildman–Crippen MR) is 120 cm³/mol. The second kappa shape index (κ2) is 9.48. The van der Waals surface area contributed by atoms with E-state index in [2.05, 4.69) is 15.5 Å². The third-order valence-corrected chi connectivity index (χ3v) is 5.73. The number of carbonyl (C=O) groups is 1. The molecule has 1 unspecified atom stereocenters. The molecular weight excluding hydrogens is 430 g/mol. The Morgan fingerprint density at radius 2 is 1.88 bits per heavy atom. The van der Waals surface area contributed by atoms with E-state index >= 15 is 0 Å². The second-order valence-electron chi connectivity index (χ2n) is 6.88. The number of benzene rings is 2. The number of furan rings is 1. The van der Waals surface area contributed by atoms with Crippen molar-refractivity contribution in [1.29, 1.82) is 0 Å². The molecule has 1 N–H and O–H groups in total. The van der Waals surface area contributed by atoms with Gasteiger partial charge in [0, 0.05) is 6.07 Å². The van der Waals surface area contributed by atoms with Crippen molar-refractivity contribution in [3.8, 4) is 11.6 Å². The van der Waals surface area contributed by atoms with Crippen molar-refractivity contribution < 1.29 is 14.1 Å². The van der Waals surface area contributed by atoms with Crippen LogP contribution in [0.25, 0.3) is 11.6 Å². The number of nitro groups is 1. The SMILES string of the molecule is CC(Sc1nnc(-c2ccco2)n1Cc1ccccc1)C(=O)Nc1ccccc1[N+](=O)[O-]. The number of thioether (sulfide) groups is 1. The molecule has 32 heavy (non-hydrogen) atoms. The van der Waals surface area contributed by atoms with Crippen molar-refractivity contribution in [2.75, 3.05) is 5.32 Å². The number of anilines is 1. The molecule has 4 aromatic rings. The number of nitro benzene ring substituents is 1. The maximum Gasteiger partial charge on any atom is 0.292 e. The maximum atomic E-state index is 12.8. The van der Waals surface area contributed by atoms with Crippen LogP contribution in [0.1, 0.15) is 12.5 Å². The zero-order chi connectivity index (χ0) is 22.5. The average Bonchev–Trinajstić information content (AvgIpc) is 3.45. The number of para-hydroxylation sites is 2. The first-order valence-corrected chi connectivity index (χ1v) is 10.6. The Hall–Kier alpha value is -3.92. The number of nitrogens with zero attached hydrogens (tertiary/aromatic N) is 4. The second-order valence-corrected chi connectivity index (χ2v) is 8.19. The number of rotatable bonds is 8. The molecule has 0 aliphatic carbocycles. The number of carbonyl (C=O) groups excluding carboxylic acids is 1. The van der Waals surface area contributed by atoms with Crippen LogP contribution in [0.5, 0.6) is 0 Å². The lowest BCUT2D eigenvalue weighted by atomic mass is 10.2. The first kappa shape index (κ1) is 21.3. The molecule has 0 saturated heterocycles. The fourth-order valence-corrected chi connectivity index (χ4v) is 3.91. The molecule has 0 saturated carbocycles. The third-order valence-electron chi connectivity index (χ3n) is 4.65. The highest BCUT2D eigenvalue weighted by atomic mass is 32.2. The van der Waals surface area contributed by atoms with Gasteiger partial charge < -0.3 is 9.73 Å². The minimum absolute atomic E-state index is 0.150. The summed E-state index contributed by atoms with van der Waals surface area (Å²) in [6.45, 7) is 2.20. The molecule has 162 valence electrons. The van der Waals surface area contributed by atoms with Crippen molar-refractivity contribution in [3.63, 3.8) is 0 Å². The van der Waals surface area contributed by atoms with Gasteiger partial charge in [-0.3, -0.25) is 19.5 Å². The van der Waals surface area contributed by atoms with Crippen molar-refractivity contribution in [2.45, 2.75) is 23.9 Å². The van der Waals surface area contributed by atoms with E-state index in [4.69, 9.17) is 4.42 Å². The molecule has 0 radical (unpaired) electrons. The van der Waals surface area contributed by atoms with Crippen molar-refractivity contribution in [2.24, 2.45) is 0 Å². The zero-order valence-corrected chi connectivity index (χ0v) is 17.9. The molecule has 1 amide bonds. The molecule has 9 nitrogen and oxygen atoms in total. The third kappa shape index (κ3) is 4.70. The summed E-state index contributed by atoms with van der Waals surface area (Å²) in [5.41, 5.74) is 1.03. The van der Waals surface area contributed by atoms with Gasteiger partial charge >= 0.3 is 0 Å². The molecule has 1 atom stereocenters. The molecule has 0 aliphatic rings. The summed E-state index contributed by atoms with van der Waals surface area (Å²) in [5, 5.41) is 22.3. The summed E-state index contributed by atoms with van der Waals surface area (Å²) in [7, 11) is 0. The Kier molecular flexibility index (Phi) is 6.31. The Bertz CT molecular complexity index is 1220. The topological polar surface area (TPSA) is 116 Å². The largest absolute Gasteiger partial charge is 0.461 e. The van der Waals surface area contributed by atoms with E-state index in [9.17, 15) is 14.9 Å². The van der Waals surface area contributed by atoms with Gasteiger partial charge in [-0.15, -0.1) is 10.2 Å². The summed E-state index contributed by atoms with van der Waals surface area (Å²) in [5.74, 6) is 0.739. The fraction of sp³-hybridized carbons (Fsp3) is 0.136. The van der Waals surface area contributed by atoms with Gasteiger partial charge in [-0.05, 0) is 30.7 Å². The quantitative estimate of drug-likeness (QED) is 0.237. The van der Waals surface area contributed by atoms with Crippen LogP contribution >= 0.6 is 11.8 Å². The van der Waals surface area contributed by atoms with E-state index in [-0.39, 0.29) is 17.3 Å². The van der Waals surface area contributed by atoms with Crippen LogP contribution in [0.15, 0.2) is 82.6 Å². The molecule has 2 aromatic heterocycles. The van der Waals surface area contributed by atoms with Gasteiger partial charge in [-0.25, -0.2) is 0 Å². The van der Waals surface area contributed by atoms with Gasteiger partial charge in [-0.1, -0.05) is 54.2 Å². The zero-order valence-electron chi connectivity index (χ0n) is 17.0. The first-order chi connectivity index (χ1) is 15.5. The molecule has 2 aromatic carbocycles. The highest BCUT2D eigenvalue weighted by Gasteiger charge is 2.24. The summed E-state index contributed by atoms with van der Waals surface area (Å²) in [6, 6.07) is 19.4. The Balaban J connectivity index is 1.57. The van der Waals surface area contributed by atoms with Crippen molar-refractivity contribution >= 4 is 29.0 Å². The van der Waals surface area contributed by atoms with Gasteiger partial charge in [0.1, 0.15) is 5.69 Å². The van der Waals surface area contributed by atoms with Crippen LogP contribution in [-0.2, 0) is 11.3 Å². The van der Waals surface area contributed by atoms with Crippen LogP contribution in [0.4, 0.5) is 11.4 Å². The minimum atomic E-state index is -0.585. The molecule has 0 fully saturated rings. The lowest BCUT2D eigenvalue weighted by Gasteiger charge is -2.13.